The summed E-state index contributed by atoms with van der Waals surface area (Å²) in [7, 11) is 1.63. The van der Waals surface area contributed by atoms with Gasteiger partial charge in [0.2, 0.25) is 0 Å². The standard InChI is InChI=1S/C18H21N3O4/c1-24-16-8-6-13(17(10-16)25-15-4-2-3-5-15)11-19-18-9-7-14(12-20-18)21(22)23/h6-10,12,15H,2-5,11H2,1H3,(H,19,20). The van der Waals surface area contributed by atoms with Gasteiger partial charge in [-0.1, -0.05) is 0 Å². The van der Waals surface area contributed by atoms with Crippen molar-refractivity contribution in [3.63, 3.8) is 0 Å². The van der Waals surface area contributed by atoms with Gasteiger partial charge in [-0.15, -0.1) is 0 Å². The molecule has 3 rings (SSSR count). The van der Waals surface area contributed by atoms with Crippen LogP contribution in [-0.4, -0.2) is 23.1 Å². The zero-order chi connectivity index (χ0) is 17.6. The first-order chi connectivity index (χ1) is 12.2. The van der Waals surface area contributed by atoms with E-state index in [9.17, 15) is 10.1 Å². The van der Waals surface area contributed by atoms with E-state index in [4.69, 9.17) is 9.47 Å². The SMILES string of the molecule is COc1ccc(CNc2ccc([N+](=O)[O-])cn2)c(OC2CCCC2)c1. The van der Waals surface area contributed by atoms with E-state index < -0.39 is 4.92 Å². The second-order valence-electron chi connectivity index (χ2n) is 6.01. The summed E-state index contributed by atoms with van der Waals surface area (Å²) in [6, 6.07) is 8.78. The topological polar surface area (TPSA) is 86.5 Å². The Bertz CT molecular complexity index is 728. The highest BCUT2D eigenvalue weighted by atomic mass is 16.6. The molecule has 0 spiro atoms. The highest BCUT2D eigenvalue weighted by Crippen LogP contribution is 2.30. The van der Waals surface area contributed by atoms with Crippen molar-refractivity contribution in [2.75, 3.05) is 12.4 Å². The molecule has 7 nitrogen and oxygen atoms in total. The average molecular weight is 343 g/mol. The Hall–Kier alpha value is -2.83. The van der Waals surface area contributed by atoms with Crippen LogP contribution in [0.4, 0.5) is 11.5 Å². The number of aromatic nitrogens is 1. The van der Waals surface area contributed by atoms with Gasteiger partial charge in [-0.05, 0) is 43.9 Å². The lowest BCUT2D eigenvalue weighted by Crippen LogP contribution is -2.13. The van der Waals surface area contributed by atoms with Crippen LogP contribution in [0.1, 0.15) is 31.2 Å². The summed E-state index contributed by atoms with van der Waals surface area (Å²) in [4.78, 5) is 14.3. The molecule has 1 heterocycles. The number of nitro groups is 1. The van der Waals surface area contributed by atoms with Gasteiger partial charge in [0.25, 0.3) is 5.69 Å². The monoisotopic (exact) mass is 343 g/mol. The van der Waals surface area contributed by atoms with Gasteiger partial charge in [0, 0.05) is 24.2 Å². The number of nitrogens with zero attached hydrogens (tertiary/aromatic N) is 2. The summed E-state index contributed by atoms with van der Waals surface area (Å²) < 4.78 is 11.5. The molecule has 1 N–H and O–H groups in total. The molecule has 0 aliphatic heterocycles. The van der Waals surface area contributed by atoms with E-state index in [0.29, 0.717) is 12.4 Å². The van der Waals surface area contributed by atoms with E-state index >= 15 is 0 Å². The Morgan fingerprint density at radius 3 is 2.72 bits per heavy atom. The van der Waals surface area contributed by atoms with Crippen LogP contribution in [0.5, 0.6) is 11.5 Å². The quantitative estimate of drug-likeness (QED) is 0.605. The van der Waals surface area contributed by atoms with Crippen molar-refractivity contribution in [3.8, 4) is 11.5 Å². The van der Waals surface area contributed by atoms with E-state index in [0.717, 1.165) is 29.9 Å². The molecule has 1 saturated carbocycles. The number of hydrogen-bond acceptors (Lipinski definition) is 6. The number of anilines is 1. The third kappa shape index (κ3) is 4.37. The number of rotatable bonds is 7. The van der Waals surface area contributed by atoms with E-state index in [1.165, 1.54) is 25.1 Å². The summed E-state index contributed by atoms with van der Waals surface area (Å²) >= 11 is 0. The van der Waals surface area contributed by atoms with Crippen LogP contribution in [0, 0.1) is 10.1 Å². The van der Waals surface area contributed by atoms with Crippen LogP contribution in [0.3, 0.4) is 0 Å². The zero-order valence-corrected chi connectivity index (χ0v) is 14.1. The molecular weight excluding hydrogens is 322 g/mol. The van der Waals surface area contributed by atoms with Crippen molar-refractivity contribution in [1.82, 2.24) is 4.98 Å². The van der Waals surface area contributed by atoms with E-state index in [1.807, 2.05) is 18.2 Å². The normalized spacial score (nSPS) is 14.3. The van der Waals surface area contributed by atoms with Crippen molar-refractivity contribution in [1.29, 1.82) is 0 Å². The van der Waals surface area contributed by atoms with Crippen molar-refractivity contribution in [3.05, 3.63) is 52.2 Å². The minimum atomic E-state index is -0.464. The Balaban J connectivity index is 1.70. The number of nitrogens with one attached hydrogen (secondary N) is 1. The Morgan fingerprint density at radius 2 is 2.08 bits per heavy atom. The van der Waals surface area contributed by atoms with Gasteiger partial charge >= 0.3 is 0 Å². The molecule has 0 saturated heterocycles. The molecule has 7 heteroatoms. The first kappa shape index (κ1) is 17.0. The van der Waals surface area contributed by atoms with Crippen molar-refractivity contribution in [2.24, 2.45) is 0 Å². The third-order valence-electron chi connectivity index (χ3n) is 4.29. The molecule has 1 aromatic heterocycles. The molecule has 0 atom stereocenters. The first-order valence-electron chi connectivity index (χ1n) is 8.33. The first-order valence-corrected chi connectivity index (χ1v) is 8.33. The molecule has 1 aliphatic carbocycles. The molecule has 0 unspecified atom stereocenters. The van der Waals surface area contributed by atoms with Crippen molar-refractivity contribution in [2.45, 2.75) is 38.3 Å². The number of methoxy groups -OCH3 is 1. The summed E-state index contributed by atoms with van der Waals surface area (Å²) in [6.45, 7) is 0.511. The molecule has 1 fully saturated rings. The Labute approximate surface area is 146 Å². The molecule has 1 aromatic carbocycles. The maximum atomic E-state index is 10.7. The highest BCUT2D eigenvalue weighted by Gasteiger charge is 2.18. The van der Waals surface area contributed by atoms with E-state index in [1.54, 1.807) is 13.2 Å². The fraction of sp³-hybridized carbons (Fsp3) is 0.389. The minimum absolute atomic E-state index is 0.0275. The largest absolute Gasteiger partial charge is 0.497 e. The fourth-order valence-electron chi connectivity index (χ4n) is 2.89. The number of hydrogen-bond donors (Lipinski definition) is 1. The summed E-state index contributed by atoms with van der Waals surface area (Å²) in [5.74, 6) is 2.14. The lowest BCUT2D eigenvalue weighted by Gasteiger charge is -2.18. The molecule has 132 valence electrons. The lowest BCUT2D eigenvalue weighted by molar-refractivity contribution is -0.385. The fourth-order valence-corrected chi connectivity index (χ4v) is 2.89. The predicted octanol–water partition coefficient (Wildman–Crippen LogP) is 3.93. The second-order valence-corrected chi connectivity index (χ2v) is 6.01. The Kier molecular flexibility index (Phi) is 5.33. The van der Waals surface area contributed by atoms with Gasteiger partial charge < -0.3 is 14.8 Å². The molecule has 25 heavy (non-hydrogen) atoms. The molecule has 2 aromatic rings. The number of benzene rings is 1. The van der Waals surface area contributed by atoms with Crippen LogP contribution in [-0.2, 0) is 6.54 Å². The van der Waals surface area contributed by atoms with Crippen LogP contribution < -0.4 is 14.8 Å². The van der Waals surface area contributed by atoms with Gasteiger partial charge in [-0.3, -0.25) is 10.1 Å². The van der Waals surface area contributed by atoms with Gasteiger partial charge in [0.05, 0.1) is 18.1 Å². The molecular formula is C18H21N3O4. The maximum absolute atomic E-state index is 10.7. The molecule has 0 radical (unpaired) electrons. The number of pyridine rings is 1. The highest BCUT2D eigenvalue weighted by molar-refractivity contribution is 5.45. The predicted molar refractivity (Wildman–Crippen MR) is 94.1 cm³/mol. The summed E-state index contributed by atoms with van der Waals surface area (Å²) in [5, 5.41) is 13.9. The van der Waals surface area contributed by atoms with Crippen molar-refractivity contribution >= 4 is 11.5 Å². The summed E-state index contributed by atoms with van der Waals surface area (Å²) in [5.41, 5.74) is 0.966. The van der Waals surface area contributed by atoms with Crippen LogP contribution in [0.2, 0.25) is 0 Å². The minimum Gasteiger partial charge on any atom is -0.497 e. The zero-order valence-electron chi connectivity index (χ0n) is 14.1. The average Bonchev–Trinajstić information content (AvgIpc) is 3.14. The van der Waals surface area contributed by atoms with Crippen LogP contribution >= 0.6 is 0 Å². The number of ether oxygens (including phenoxy) is 2. The van der Waals surface area contributed by atoms with E-state index in [-0.39, 0.29) is 11.8 Å². The van der Waals surface area contributed by atoms with Gasteiger partial charge in [-0.25, -0.2) is 4.98 Å². The lowest BCUT2D eigenvalue weighted by atomic mass is 10.1. The van der Waals surface area contributed by atoms with Gasteiger partial charge in [0.1, 0.15) is 23.5 Å². The van der Waals surface area contributed by atoms with Gasteiger partial charge in [0.15, 0.2) is 0 Å². The second kappa shape index (κ2) is 7.83. The Morgan fingerprint density at radius 1 is 1.28 bits per heavy atom. The molecule has 0 bridgehead atoms. The third-order valence-corrected chi connectivity index (χ3v) is 4.29. The maximum Gasteiger partial charge on any atom is 0.287 e. The van der Waals surface area contributed by atoms with Crippen LogP contribution in [0.25, 0.3) is 0 Å². The summed E-state index contributed by atoms with van der Waals surface area (Å²) in [6.07, 6.45) is 6.06. The van der Waals surface area contributed by atoms with Crippen LogP contribution in [0.15, 0.2) is 36.5 Å². The smallest absolute Gasteiger partial charge is 0.287 e. The molecule has 0 amide bonds. The molecule has 1 aliphatic rings. The van der Waals surface area contributed by atoms with Crippen molar-refractivity contribution < 1.29 is 14.4 Å². The van der Waals surface area contributed by atoms with Gasteiger partial charge in [-0.2, -0.15) is 0 Å². The van der Waals surface area contributed by atoms with E-state index in [2.05, 4.69) is 10.3 Å².